The lowest BCUT2D eigenvalue weighted by Gasteiger charge is -2.34. The zero-order chi connectivity index (χ0) is 15.6. The monoisotopic (exact) mass is 319 g/mol. The molecular weight excluding hydrogens is 298 g/mol. The highest BCUT2D eigenvalue weighted by molar-refractivity contribution is 7.89. The van der Waals surface area contributed by atoms with E-state index >= 15 is 0 Å². The van der Waals surface area contributed by atoms with Crippen LogP contribution in [0, 0.1) is 0 Å². The van der Waals surface area contributed by atoms with E-state index in [1.54, 1.807) is 25.2 Å². The summed E-state index contributed by atoms with van der Waals surface area (Å²) >= 11 is 5.79. The van der Waals surface area contributed by atoms with Gasteiger partial charge in [0.1, 0.15) is 10.6 Å². The van der Waals surface area contributed by atoms with E-state index in [0.717, 1.165) is 5.56 Å². The standard InChI is InChI=1S/C14H22ClNO3S/c1-6-14(2,3)16(4)20(17,18)13-9-11(10-15)7-8-12(13)19-5/h7-9H,6,10H2,1-5H3. The number of sulfonamides is 1. The first kappa shape index (κ1) is 17.3. The van der Waals surface area contributed by atoms with Crippen LogP contribution in [0.2, 0.25) is 0 Å². The van der Waals surface area contributed by atoms with Crippen LogP contribution in [0.1, 0.15) is 32.8 Å². The molecule has 0 saturated carbocycles. The maximum absolute atomic E-state index is 12.8. The molecule has 4 nitrogen and oxygen atoms in total. The Morgan fingerprint density at radius 3 is 2.40 bits per heavy atom. The molecule has 0 fully saturated rings. The Kier molecular flexibility index (Phi) is 5.46. The summed E-state index contributed by atoms with van der Waals surface area (Å²) in [5, 5.41) is 0. The fraction of sp³-hybridized carbons (Fsp3) is 0.571. The van der Waals surface area contributed by atoms with Crippen LogP contribution in [0.5, 0.6) is 5.75 Å². The molecule has 6 heteroatoms. The molecule has 0 spiro atoms. The molecule has 0 aliphatic rings. The molecule has 0 aliphatic carbocycles. The van der Waals surface area contributed by atoms with Crippen molar-refractivity contribution in [1.29, 1.82) is 0 Å². The van der Waals surface area contributed by atoms with Gasteiger partial charge in [0.05, 0.1) is 7.11 Å². The number of rotatable bonds is 6. The topological polar surface area (TPSA) is 46.6 Å². The number of halogens is 1. The van der Waals surface area contributed by atoms with Crippen molar-refractivity contribution in [1.82, 2.24) is 4.31 Å². The molecule has 114 valence electrons. The van der Waals surface area contributed by atoms with Crippen molar-refractivity contribution in [3.8, 4) is 5.75 Å². The van der Waals surface area contributed by atoms with Crippen molar-refractivity contribution in [2.24, 2.45) is 0 Å². The summed E-state index contributed by atoms with van der Waals surface area (Å²) in [5.74, 6) is 0.588. The van der Waals surface area contributed by atoms with Crippen molar-refractivity contribution in [2.75, 3.05) is 14.2 Å². The summed E-state index contributed by atoms with van der Waals surface area (Å²) in [6, 6.07) is 4.97. The smallest absolute Gasteiger partial charge is 0.247 e. The Morgan fingerprint density at radius 1 is 1.35 bits per heavy atom. The van der Waals surface area contributed by atoms with Gasteiger partial charge in [-0.05, 0) is 38.0 Å². The van der Waals surface area contributed by atoms with Crippen molar-refractivity contribution < 1.29 is 13.2 Å². The first-order valence-corrected chi connectivity index (χ1v) is 8.40. The summed E-state index contributed by atoms with van der Waals surface area (Å²) < 4.78 is 32.1. The second-order valence-electron chi connectivity index (χ2n) is 5.26. The first-order chi connectivity index (χ1) is 9.20. The lowest BCUT2D eigenvalue weighted by Crippen LogP contribution is -2.44. The molecule has 1 aromatic carbocycles. The number of alkyl halides is 1. The zero-order valence-electron chi connectivity index (χ0n) is 12.6. The number of nitrogens with zero attached hydrogens (tertiary/aromatic N) is 1. The van der Waals surface area contributed by atoms with E-state index in [1.165, 1.54) is 11.4 Å². The van der Waals surface area contributed by atoms with Gasteiger partial charge in [0, 0.05) is 18.5 Å². The molecule has 20 heavy (non-hydrogen) atoms. The minimum atomic E-state index is -3.63. The second kappa shape index (κ2) is 6.33. The highest BCUT2D eigenvalue weighted by Gasteiger charge is 2.34. The molecule has 0 aromatic heterocycles. The first-order valence-electron chi connectivity index (χ1n) is 6.42. The van der Waals surface area contributed by atoms with Crippen LogP contribution in [0.3, 0.4) is 0 Å². The van der Waals surface area contributed by atoms with Gasteiger partial charge in [-0.2, -0.15) is 4.31 Å². The molecule has 0 radical (unpaired) electrons. The van der Waals surface area contributed by atoms with Gasteiger partial charge in [-0.1, -0.05) is 13.0 Å². The Morgan fingerprint density at radius 2 is 1.95 bits per heavy atom. The van der Waals surface area contributed by atoms with Gasteiger partial charge in [0.2, 0.25) is 10.0 Å². The molecule has 0 heterocycles. The summed E-state index contributed by atoms with van der Waals surface area (Å²) in [6.45, 7) is 5.74. The van der Waals surface area contributed by atoms with Gasteiger partial charge < -0.3 is 4.74 Å². The lowest BCUT2D eigenvalue weighted by molar-refractivity contribution is 0.256. The number of hydrogen-bond acceptors (Lipinski definition) is 3. The van der Waals surface area contributed by atoms with Crippen LogP contribution < -0.4 is 4.74 Å². The quantitative estimate of drug-likeness (QED) is 0.756. The molecule has 0 aliphatic heterocycles. The largest absolute Gasteiger partial charge is 0.495 e. The summed E-state index contributed by atoms with van der Waals surface area (Å²) in [5.41, 5.74) is 0.273. The molecule has 0 unspecified atom stereocenters. The average Bonchev–Trinajstić information content (AvgIpc) is 2.45. The summed E-state index contributed by atoms with van der Waals surface area (Å²) in [6.07, 6.45) is 0.709. The normalized spacial score (nSPS) is 12.8. The van der Waals surface area contributed by atoms with E-state index in [-0.39, 0.29) is 10.8 Å². The molecule has 0 bridgehead atoms. The fourth-order valence-corrected chi connectivity index (χ4v) is 3.65. The van der Waals surface area contributed by atoms with Gasteiger partial charge >= 0.3 is 0 Å². The van der Waals surface area contributed by atoms with E-state index in [1.807, 2.05) is 20.8 Å². The van der Waals surface area contributed by atoms with Crippen LogP contribution in [-0.2, 0) is 15.9 Å². The second-order valence-corrected chi connectivity index (χ2v) is 7.46. The molecule has 1 aromatic rings. The third-order valence-corrected chi connectivity index (χ3v) is 6.14. The van der Waals surface area contributed by atoms with Crippen LogP contribution >= 0.6 is 11.6 Å². The Bertz CT molecular complexity index is 570. The SMILES string of the molecule is CCC(C)(C)N(C)S(=O)(=O)c1cc(CCl)ccc1OC. The Labute approximate surface area is 126 Å². The fourth-order valence-electron chi connectivity index (χ4n) is 1.70. The van der Waals surface area contributed by atoms with E-state index in [4.69, 9.17) is 16.3 Å². The number of methoxy groups -OCH3 is 1. The molecule has 0 saturated heterocycles. The van der Waals surface area contributed by atoms with E-state index in [0.29, 0.717) is 12.2 Å². The minimum absolute atomic E-state index is 0.155. The third-order valence-electron chi connectivity index (χ3n) is 3.74. The molecular formula is C14H22ClNO3S. The van der Waals surface area contributed by atoms with Crippen LogP contribution in [0.15, 0.2) is 23.1 Å². The van der Waals surface area contributed by atoms with E-state index in [2.05, 4.69) is 0 Å². The number of hydrogen-bond donors (Lipinski definition) is 0. The lowest BCUT2D eigenvalue weighted by atomic mass is 10.0. The third kappa shape index (κ3) is 3.27. The van der Waals surface area contributed by atoms with Gasteiger partial charge in [0.25, 0.3) is 0 Å². The highest BCUT2D eigenvalue weighted by Crippen LogP contribution is 2.31. The Balaban J connectivity index is 3.41. The average molecular weight is 320 g/mol. The maximum atomic E-state index is 12.8. The molecule has 0 atom stereocenters. The highest BCUT2D eigenvalue weighted by atomic mass is 35.5. The van der Waals surface area contributed by atoms with Crippen molar-refractivity contribution in [3.63, 3.8) is 0 Å². The Hall–Kier alpha value is -0.780. The van der Waals surface area contributed by atoms with Crippen molar-refractivity contribution in [2.45, 2.75) is 43.5 Å². The molecule has 1 rings (SSSR count). The van der Waals surface area contributed by atoms with Crippen molar-refractivity contribution in [3.05, 3.63) is 23.8 Å². The van der Waals surface area contributed by atoms with Crippen LogP contribution in [-0.4, -0.2) is 32.4 Å². The minimum Gasteiger partial charge on any atom is -0.495 e. The molecule has 0 N–H and O–H groups in total. The summed E-state index contributed by atoms with van der Waals surface area (Å²) in [4.78, 5) is 0.155. The van der Waals surface area contributed by atoms with E-state index in [9.17, 15) is 8.42 Å². The zero-order valence-corrected chi connectivity index (χ0v) is 14.2. The number of benzene rings is 1. The maximum Gasteiger partial charge on any atom is 0.247 e. The van der Waals surface area contributed by atoms with Crippen LogP contribution in [0.25, 0.3) is 0 Å². The van der Waals surface area contributed by atoms with Gasteiger partial charge in [-0.15, -0.1) is 11.6 Å². The predicted octanol–water partition coefficient (Wildman–Crippen LogP) is 3.24. The van der Waals surface area contributed by atoms with E-state index < -0.39 is 15.6 Å². The van der Waals surface area contributed by atoms with Gasteiger partial charge in [0.15, 0.2) is 0 Å². The summed E-state index contributed by atoms with van der Waals surface area (Å²) in [7, 11) is -0.587. The van der Waals surface area contributed by atoms with Crippen molar-refractivity contribution >= 4 is 21.6 Å². The number of ether oxygens (including phenoxy) is 1. The van der Waals surface area contributed by atoms with Gasteiger partial charge in [-0.3, -0.25) is 0 Å². The van der Waals surface area contributed by atoms with Crippen LogP contribution in [0.4, 0.5) is 0 Å². The molecule has 0 amide bonds. The predicted molar refractivity (Wildman–Crippen MR) is 81.9 cm³/mol. The van der Waals surface area contributed by atoms with Gasteiger partial charge in [-0.25, -0.2) is 8.42 Å².